The van der Waals surface area contributed by atoms with Crippen molar-refractivity contribution in [2.24, 2.45) is 5.92 Å². The van der Waals surface area contributed by atoms with Crippen LogP contribution in [0.4, 0.5) is 8.78 Å². The minimum absolute atomic E-state index is 0.285. The molecule has 1 unspecified atom stereocenters. The molecule has 10 heavy (non-hydrogen) atoms. The monoisotopic (exact) mass is 151 g/mol. The Hall–Kier alpha value is -0.220. The van der Waals surface area contributed by atoms with E-state index in [9.17, 15) is 8.78 Å². The summed E-state index contributed by atoms with van der Waals surface area (Å²) < 4.78 is 24.0. The third-order valence-electron chi connectivity index (χ3n) is 2.05. The molecule has 0 aromatic rings. The number of aliphatic hydroxyl groups is 1. The molecule has 2 N–H and O–H groups in total. The third kappa shape index (κ3) is 1.13. The third-order valence-corrected chi connectivity index (χ3v) is 2.05. The van der Waals surface area contributed by atoms with Crippen LogP contribution in [0.2, 0.25) is 0 Å². The number of halogens is 2. The Morgan fingerprint density at radius 1 is 1.60 bits per heavy atom. The number of nitrogens with one attached hydrogen (secondary N) is 1. The summed E-state index contributed by atoms with van der Waals surface area (Å²) >= 11 is 0. The van der Waals surface area contributed by atoms with Crippen molar-refractivity contribution in [1.82, 2.24) is 5.32 Å². The van der Waals surface area contributed by atoms with Crippen molar-refractivity contribution in [3.05, 3.63) is 0 Å². The van der Waals surface area contributed by atoms with Gasteiger partial charge in [0.2, 0.25) is 0 Å². The molecule has 0 aromatic carbocycles. The molecule has 0 saturated carbocycles. The number of hydrogen-bond acceptors (Lipinski definition) is 2. The summed E-state index contributed by atoms with van der Waals surface area (Å²) in [6, 6.07) is 0. The van der Waals surface area contributed by atoms with Crippen molar-refractivity contribution in [1.29, 1.82) is 0 Å². The molecular formula is C6H11F2NO. The number of hydrogen-bond donors (Lipinski definition) is 2. The molecular weight excluding hydrogens is 140 g/mol. The van der Waals surface area contributed by atoms with E-state index < -0.39 is 12.0 Å². The molecule has 0 amide bonds. The van der Waals surface area contributed by atoms with Crippen LogP contribution in [0.25, 0.3) is 0 Å². The second-order valence-corrected chi connectivity index (χ2v) is 2.88. The van der Waals surface area contributed by atoms with Crippen molar-refractivity contribution >= 4 is 0 Å². The highest BCUT2D eigenvalue weighted by Gasteiger charge is 2.43. The van der Waals surface area contributed by atoms with Gasteiger partial charge in [-0.2, -0.15) is 0 Å². The van der Waals surface area contributed by atoms with E-state index in [4.69, 9.17) is 5.11 Å². The Morgan fingerprint density at radius 2 is 2.10 bits per heavy atom. The Bertz CT molecular complexity index is 123. The molecule has 4 heteroatoms. The average Bonchev–Trinajstić information content (AvgIpc) is 1.57. The zero-order valence-electron chi connectivity index (χ0n) is 5.77. The average molecular weight is 151 g/mol. The fraction of sp³-hybridized carbons (Fsp3) is 1.00. The van der Waals surface area contributed by atoms with Crippen LogP contribution in [0, 0.1) is 5.92 Å². The quantitative estimate of drug-likeness (QED) is 0.591. The van der Waals surface area contributed by atoms with Crippen molar-refractivity contribution in [3.8, 4) is 0 Å². The molecule has 1 atom stereocenters. The molecule has 2 nitrogen and oxygen atoms in total. The zero-order chi connectivity index (χ0) is 7.78. The van der Waals surface area contributed by atoms with Gasteiger partial charge in [0, 0.05) is 19.0 Å². The van der Waals surface area contributed by atoms with Crippen LogP contribution in [0.5, 0.6) is 0 Å². The first-order valence-corrected chi connectivity index (χ1v) is 3.26. The van der Waals surface area contributed by atoms with Gasteiger partial charge in [0.15, 0.2) is 0 Å². The maximum atomic E-state index is 12.0. The second kappa shape index (κ2) is 2.43. The predicted octanol–water partition coefficient (Wildman–Crippen LogP) is 0.222. The van der Waals surface area contributed by atoms with E-state index >= 15 is 0 Å². The van der Waals surface area contributed by atoms with E-state index in [-0.39, 0.29) is 5.92 Å². The maximum Gasteiger partial charge on any atom is 0.266 e. The van der Waals surface area contributed by atoms with E-state index in [2.05, 4.69) is 5.32 Å². The molecule has 0 aromatic heterocycles. The molecule has 0 radical (unpaired) electrons. The largest absolute Gasteiger partial charge is 0.384 e. The summed E-state index contributed by atoms with van der Waals surface area (Å²) in [4.78, 5) is 0. The number of rotatable bonds is 2. The first-order valence-electron chi connectivity index (χ1n) is 3.26. The Balaban J connectivity index is 2.48. The predicted molar refractivity (Wildman–Crippen MR) is 33.0 cm³/mol. The van der Waals surface area contributed by atoms with Gasteiger partial charge in [-0.25, -0.2) is 8.78 Å². The lowest BCUT2D eigenvalue weighted by Gasteiger charge is -2.38. The molecule has 0 spiro atoms. The van der Waals surface area contributed by atoms with Crippen molar-refractivity contribution in [2.45, 2.75) is 19.0 Å². The lowest BCUT2D eigenvalue weighted by atomic mass is 9.85. The van der Waals surface area contributed by atoms with Gasteiger partial charge in [0.25, 0.3) is 6.43 Å². The molecule has 1 rings (SSSR count). The topological polar surface area (TPSA) is 32.3 Å². The van der Waals surface area contributed by atoms with Gasteiger partial charge in [-0.3, -0.25) is 0 Å². The molecule has 60 valence electrons. The highest BCUT2D eigenvalue weighted by atomic mass is 19.3. The maximum absolute atomic E-state index is 12.0. The fourth-order valence-corrected chi connectivity index (χ4v) is 0.880. The normalized spacial score (nSPS) is 26.1. The van der Waals surface area contributed by atoms with Crippen LogP contribution >= 0.6 is 0 Å². The Kier molecular flexibility index (Phi) is 1.92. The highest BCUT2D eigenvalue weighted by Crippen LogP contribution is 2.27. The van der Waals surface area contributed by atoms with Crippen LogP contribution in [0.15, 0.2) is 0 Å². The van der Waals surface area contributed by atoms with Crippen molar-refractivity contribution in [3.63, 3.8) is 0 Å². The van der Waals surface area contributed by atoms with Gasteiger partial charge in [0.05, 0.1) is 0 Å². The van der Waals surface area contributed by atoms with Crippen molar-refractivity contribution < 1.29 is 13.9 Å². The minimum atomic E-state index is -2.64. The summed E-state index contributed by atoms with van der Waals surface area (Å²) in [5, 5.41) is 12.0. The van der Waals surface area contributed by atoms with Crippen LogP contribution < -0.4 is 5.32 Å². The second-order valence-electron chi connectivity index (χ2n) is 2.88. The molecule has 1 fully saturated rings. The fourth-order valence-electron chi connectivity index (χ4n) is 0.880. The Morgan fingerprint density at radius 3 is 2.20 bits per heavy atom. The van der Waals surface area contributed by atoms with Gasteiger partial charge in [-0.1, -0.05) is 0 Å². The van der Waals surface area contributed by atoms with Gasteiger partial charge >= 0.3 is 0 Å². The van der Waals surface area contributed by atoms with Crippen LogP contribution in [-0.2, 0) is 0 Å². The standard InChI is InChI=1S/C6H11F2NO/c1-6(10,5(7)8)4-2-9-3-4/h4-5,9-10H,2-3H2,1H3. The highest BCUT2D eigenvalue weighted by molar-refractivity contribution is 4.92. The van der Waals surface area contributed by atoms with Crippen LogP contribution in [-0.4, -0.2) is 30.2 Å². The lowest BCUT2D eigenvalue weighted by Crippen LogP contribution is -2.57. The molecule has 1 saturated heterocycles. The SMILES string of the molecule is CC(O)(C(F)F)C1CNC1. The summed E-state index contributed by atoms with van der Waals surface area (Å²) in [5.74, 6) is -0.285. The smallest absolute Gasteiger partial charge is 0.266 e. The summed E-state index contributed by atoms with van der Waals surface area (Å²) in [6.45, 7) is 2.18. The van der Waals surface area contributed by atoms with Gasteiger partial charge in [-0.15, -0.1) is 0 Å². The molecule has 1 heterocycles. The van der Waals surface area contributed by atoms with E-state index in [0.717, 1.165) is 0 Å². The Labute approximate surface area is 58.2 Å². The minimum Gasteiger partial charge on any atom is -0.384 e. The van der Waals surface area contributed by atoms with Crippen molar-refractivity contribution in [2.75, 3.05) is 13.1 Å². The van der Waals surface area contributed by atoms with E-state index in [1.807, 2.05) is 0 Å². The van der Waals surface area contributed by atoms with Crippen LogP contribution in [0.1, 0.15) is 6.92 Å². The molecule has 1 aliphatic heterocycles. The lowest BCUT2D eigenvalue weighted by molar-refractivity contribution is -0.131. The van der Waals surface area contributed by atoms with Gasteiger partial charge < -0.3 is 10.4 Å². The van der Waals surface area contributed by atoms with E-state index in [1.165, 1.54) is 6.92 Å². The number of alkyl halides is 2. The first-order chi connectivity index (χ1) is 4.55. The summed E-state index contributed by atoms with van der Waals surface area (Å²) in [6.07, 6.45) is -2.64. The molecule has 0 bridgehead atoms. The van der Waals surface area contributed by atoms with Crippen LogP contribution in [0.3, 0.4) is 0 Å². The summed E-state index contributed by atoms with van der Waals surface area (Å²) in [5.41, 5.74) is -1.80. The van der Waals surface area contributed by atoms with Gasteiger partial charge in [-0.05, 0) is 6.92 Å². The molecule has 1 aliphatic rings. The van der Waals surface area contributed by atoms with E-state index in [1.54, 1.807) is 0 Å². The zero-order valence-corrected chi connectivity index (χ0v) is 5.77. The summed E-state index contributed by atoms with van der Waals surface area (Å²) in [7, 11) is 0. The first kappa shape index (κ1) is 7.88. The molecule has 0 aliphatic carbocycles. The van der Waals surface area contributed by atoms with Gasteiger partial charge in [0.1, 0.15) is 5.60 Å². The van der Waals surface area contributed by atoms with E-state index in [0.29, 0.717) is 13.1 Å².